The van der Waals surface area contributed by atoms with Crippen molar-refractivity contribution in [3.63, 3.8) is 0 Å². The molecule has 0 radical (unpaired) electrons. The number of Topliss-reactive ketones (excluding diaryl/α,β-unsaturated/α-hetero) is 1. The third kappa shape index (κ3) is 3.51. The fraction of sp³-hybridized carbons (Fsp3) is 0.125. The minimum Gasteiger partial charge on any atom is -0.478 e. The average molecular weight is 272 g/mol. The molecule has 0 saturated heterocycles. The number of benzene rings is 2. The summed E-state index contributed by atoms with van der Waals surface area (Å²) >= 11 is 0. The minimum atomic E-state index is -1.06. The molecule has 2 rings (SSSR count). The van der Waals surface area contributed by atoms with E-state index in [2.05, 4.69) is 0 Å². The van der Waals surface area contributed by atoms with E-state index in [1.54, 1.807) is 30.3 Å². The van der Waals surface area contributed by atoms with Crippen LogP contribution in [0, 0.1) is 5.82 Å². The number of halogens is 1. The van der Waals surface area contributed by atoms with Crippen LogP contribution in [-0.4, -0.2) is 16.9 Å². The van der Waals surface area contributed by atoms with Crippen LogP contribution >= 0.6 is 0 Å². The van der Waals surface area contributed by atoms with Gasteiger partial charge in [-0.2, -0.15) is 0 Å². The van der Waals surface area contributed by atoms with Crippen LogP contribution in [0.3, 0.4) is 0 Å². The summed E-state index contributed by atoms with van der Waals surface area (Å²) in [5.74, 6) is -1.59. The molecule has 0 unspecified atom stereocenters. The first kappa shape index (κ1) is 13.9. The highest BCUT2D eigenvalue weighted by Crippen LogP contribution is 2.12. The number of rotatable bonds is 5. The normalized spacial score (nSPS) is 10.2. The lowest BCUT2D eigenvalue weighted by atomic mass is 9.99. The van der Waals surface area contributed by atoms with E-state index >= 15 is 0 Å². The molecule has 3 nitrogen and oxygen atoms in total. The molecule has 0 spiro atoms. The zero-order valence-corrected chi connectivity index (χ0v) is 10.7. The number of carboxylic acid groups (broad SMARTS) is 1. The topological polar surface area (TPSA) is 54.4 Å². The van der Waals surface area contributed by atoms with E-state index in [1.165, 1.54) is 18.2 Å². The van der Waals surface area contributed by atoms with Crippen LogP contribution in [-0.2, 0) is 17.6 Å². The van der Waals surface area contributed by atoms with Gasteiger partial charge in [0.1, 0.15) is 11.6 Å². The van der Waals surface area contributed by atoms with Crippen molar-refractivity contribution in [2.45, 2.75) is 12.8 Å². The molecule has 0 aromatic heterocycles. The maximum atomic E-state index is 13.0. The number of carbonyl (C=O) groups is 2. The van der Waals surface area contributed by atoms with E-state index in [1.807, 2.05) is 0 Å². The standard InChI is InChI=1S/C16H13FO3/c17-13-6-3-4-11(8-13)9-14(18)10-12-5-1-2-7-15(12)16(19)20/h1-8H,9-10H2,(H,19,20). The molecule has 0 aliphatic rings. The number of carboxylic acids is 1. The van der Waals surface area contributed by atoms with E-state index in [0.29, 0.717) is 11.1 Å². The number of hydrogen-bond acceptors (Lipinski definition) is 2. The molecule has 0 aliphatic heterocycles. The van der Waals surface area contributed by atoms with Crippen LogP contribution < -0.4 is 0 Å². The van der Waals surface area contributed by atoms with Gasteiger partial charge >= 0.3 is 5.97 Å². The summed E-state index contributed by atoms with van der Waals surface area (Å²) in [6.07, 6.45) is 0.116. The Hall–Kier alpha value is -2.49. The lowest BCUT2D eigenvalue weighted by molar-refractivity contribution is -0.117. The Kier molecular flexibility index (Phi) is 4.25. The van der Waals surface area contributed by atoms with Crippen molar-refractivity contribution in [2.75, 3.05) is 0 Å². The molecule has 2 aromatic rings. The molecule has 20 heavy (non-hydrogen) atoms. The van der Waals surface area contributed by atoms with Gasteiger partial charge in [0.2, 0.25) is 0 Å². The first-order valence-electron chi connectivity index (χ1n) is 6.13. The Labute approximate surface area is 115 Å². The van der Waals surface area contributed by atoms with Crippen LogP contribution in [0.1, 0.15) is 21.5 Å². The molecule has 1 N–H and O–H groups in total. The Morgan fingerprint density at radius 3 is 2.45 bits per heavy atom. The fourth-order valence-corrected chi connectivity index (χ4v) is 2.03. The highest BCUT2D eigenvalue weighted by Gasteiger charge is 2.13. The van der Waals surface area contributed by atoms with Crippen molar-refractivity contribution in [1.82, 2.24) is 0 Å². The summed E-state index contributed by atoms with van der Waals surface area (Å²) in [5.41, 5.74) is 1.18. The van der Waals surface area contributed by atoms with Gasteiger partial charge in [0.15, 0.2) is 0 Å². The number of hydrogen-bond donors (Lipinski definition) is 1. The molecule has 4 heteroatoms. The SMILES string of the molecule is O=C(Cc1cccc(F)c1)Cc1ccccc1C(=O)O. The minimum absolute atomic E-state index is 0.0268. The van der Waals surface area contributed by atoms with Gasteiger partial charge in [-0.3, -0.25) is 4.79 Å². The summed E-state index contributed by atoms with van der Waals surface area (Å²) in [7, 11) is 0. The molecule has 0 atom stereocenters. The third-order valence-corrected chi connectivity index (χ3v) is 2.93. The molecular formula is C16H13FO3. The lowest BCUT2D eigenvalue weighted by Crippen LogP contribution is -2.10. The van der Waals surface area contributed by atoms with Gasteiger partial charge in [-0.05, 0) is 29.3 Å². The van der Waals surface area contributed by atoms with Gasteiger partial charge in [-0.15, -0.1) is 0 Å². The van der Waals surface area contributed by atoms with Crippen molar-refractivity contribution in [2.24, 2.45) is 0 Å². The molecule has 0 bridgehead atoms. The van der Waals surface area contributed by atoms with E-state index in [0.717, 1.165) is 0 Å². The van der Waals surface area contributed by atoms with Crippen LogP contribution in [0.5, 0.6) is 0 Å². The van der Waals surface area contributed by atoms with Crippen molar-refractivity contribution in [1.29, 1.82) is 0 Å². The van der Waals surface area contributed by atoms with E-state index < -0.39 is 5.97 Å². The predicted molar refractivity (Wildman–Crippen MR) is 72.2 cm³/mol. The third-order valence-electron chi connectivity index (χ3n) is 2.93. The number of aromatic carboxylic acids is 1. The van der Waals surface area contributed by atoms with Gasteiger partial charge in [0.25, 0.3) is 0 Å². The Balaban J connectivity index is 2.11. The van der Waals surface area contributed by atoms with E-state index in [9.17, 15) is 14.0 Å². The largest absolute Gasteiger partial charge is 0.478 e. The Bertz CT molecular complexity index is 650. The summed E-state index contributed by atoms with van der Waals surface area (Å²) < 4.78 is 13.0. The molecule has 0 heterocycles. The highest BCUT2D eigenvalue weighted by molar-refractivity contribution is 5.92. The highest BCUT2D eigenvalue weighted by atomic mass is 19.1. The van der Waals surface area contributed by atoms with E-state index in [4.69, 9.17) is 5.11 Å². The van der Waals surface area contributed by atoms with Crippen molar-refractivity contribution in [3.8, 4) is 0 Å². The fourth-order valence-electron chi connectivity index (χ4n) is 2.03. The van der Waals surface area contributed by atoms with Crippen molar-refractivity contribution >= 4 is 11.8 Å². The molecule has 0 fully saturated rings. The molecule has 0 amide bonds. The van der Waals surface area contributed by atoms with Crippen LogP contribution in [0.4, 0.5) is 4.39 Å². The first-order chi connectivity index (χ1) is 9.56. The average Bonchev–Trinajstić information content (AvgIpc) is 2.38. The summed E-state index contributed by atoms with van der Waals surface area (Å²) in [4.78, 5) is 23.0. The quantitative estimate of drug-likeness (QED) is 0.910. The molecular weight excluding hydrogens is 259 g/mol. The van der Waals surface area contributed by atoms with Crippen molar-refractivity contribution < 1.29 is 19.1 Å². The summed E-state index contributed by atoms with van der Waals surface area (Å²) in [6.45, 7) is 0. The van der Waals surface area contributed by atoms with Gasteiger partial charge in [-0.25, -0.2) is 9.18 Å². The van der Waals surface area contributed by atoms with Gasteiger partial charge < -0.3 is 5.11 Å². The second-order valence-corrected chi connectivity index (χ2v) is 4.48. The van der Waals surface area contributed by atoms with Gasteiger partial charge in [0, 0.05) is 12.8 Å². The zero-order chi connectivity index (χ0) is 14.5. The smallest absolute Gasteiger partial charge is 0.335 e. The second-order valence-electron chi connectivity index (χ2n) is 4.48. The molecule has 2 aromatic carbocycles. The first-order valence-corrected chi connectivity index (χ1v) is 6.13. The second kappa shape index (κ2) is 6.10. The number of ketones is 1. The maximum absolute atomic E-state index is 13.0. The molecule has 0 aliphatic carbocycles. The number of carbonyl (C=O) groups excluding carboxylic acids is 1. The zero-order valence-electron chi connectivity index (χ0n) is 10.7. The monoisotopic (exact) mass is 272 g/mol. The molecule has 0 saturated carbocycles. The maximum Gasteiger partial charge on any atom is 0.335 e. The van der Waals surface area contributed by atoms with E-state index in [-0.39, 0.29) is 30.0 Å². The van der Waals surface area contributed by atoms with Gasteiger partial charge in [0.05, 0.1) is 5.56 Å². The van der Waals surface area contributed by atoms with Crippen LogP contribution in [0.2, 0.25) is 0 Å². The van der Waals surface area contributed by atoms with Gasteiger partial charge in [-0.1, -0.05) is 30.3 Å². The van der Waals surface area contributed by atoms with Crippen molar-refractivity contribution in [3.05, 3.63) is 71.0 Å². The summed E-state index contributed by atoms with van der Waals surface area (Å²) in [5, 5.41) is 9.04. The lowest BCUT2D eigenvalue weighted by Gasteiger charge is -2.05. The van der Waals surface area contributed by atoms with Crippen LogP contribution in [0.25, 0.3) is 0 Å². The molecule has 102 valence electrons. The predicted octanol–water partition coefficient (Wildman–Crippen LogP) is 2.88. The Morgan fingerprint density at radius 2 is 1.75 bits per heavy atom. The Morgan fingerprint density at radius 1 is 1.00 bits per heavy atom. The summed E-state index contributed by atoms with van der Waals surface area (Å²) in [6, 6.07) is 12.2. The van der Waals surface area contributed by atoms with Crippen LogP contribution in [0.15, 0.2) is 48.5 Å².